The molecule has 0 rings (SSSR count). The summed E-state index contributed by atoms with van der Waals surface area (Å²) < 4.78 is 4.83. The van der Waals surface area contributed by atoms with E-state index in [2.05, 4.69) is 0 Å². The molecule has 0 fully saturated rings. The first-order valence-electron chi connectivity index (χ1n) is 3.25. The molecule has 0 heterocycles. The summed E-state index contributed by atoms with van der Waals surface area (Å²) in [6.45, 7) is 5.46. The Bertz CT molecular complexity index is 137. The molecule has 0 bridgehead atoms. The highest BCUT2D eigenvalue weighted by molar-refractivity contribution is 4.93. The first-order valence-corrected chi connectivity index (χ1v) is 3.25. The Morgan fingerprint density at radius 1 is 1.70 bits per heavy atom. The number of hydrogen-bond acceptors (Lipinski definition) is 3. The summed E-state index contributed by atoms with van der Waals surface area (Å²) in [6.07, 6.45) is -0.984. The number of aliphatic hydroxyl groups is 1. The molecule has 0 aliphatic rings. The Kier molecular flexibility index (Phi) is 3.34. The van der Waals surface area contributed by atoms with E-state index in [4.69, 9.17) is 15.1 Å². The Balaban J connectivity index is 3.94. The second kappa shape index (κ2) is 3.55. The molecule has 0 amide bonds. The van der Waals surface area contributed by atoms with Crippen molar-refractivity contribution in [3.8, 4) is 6.07 Å². The third-order valence-corrected chi connectivity index (χ3v) is 1.23. The molecule has 1 atom stereocenters. The van der Waals surface area contributed by atoms with E-state index in [9.17, 15) is 0 Å². The van der Waals surface area contributed by atoms with Gasteiger partial charge in [-0.05, 0) is 20.8 Å². The summed E-state index contributed by atoms with van der Waals surface area (Å²) in [6, 6.07) is 1.95. The van der Waals surface area contributed by atoms with Gasteiger partial charge in [0.25, 0.3) is 0 Å². The standard InChI is InChI=1S/C7H13NO2/c1-4-10-6(9)7(2,3)5-8/h6,9H,4H2,1-3H3. The molecular formula is C7H13NO2. The van der Waals surface area contributed by atoms with Crippen LogP contribution in [0.1, 0.15) is 20.8 Å². The molecule has 58 valence electrons. The van der Waals surface area contributed by atoms with E-state index in [1.165, 1.54) is 0 Å². The highest BCUT2D eigenvalue weighted by Crippen LogP contribution is 2.19. The van der Waals surface area contributed by atoms with Gasteiger partial charge < -0.3 is 9.84 Å². The molecule has 3 nitrogen and oxygen atoms in total. The molecule has 0 radical (unpaired) electrons. The summed E-state index contributed by atoms with van der Waals surface area (Å²) in [5, 5.41) is 17.6. The minimum Gasteiger partial charge on any atom is -0.367 e. The first-order chi connectivity index (χ1) is 4.54. The van der Waals surface area contributed by atoms with Gasteiger partial charge in [0.15, 0.2) is 6.29 Å². The number of ether oxygens (including phenoxy) is 1. The van der Waals surface area contributed by atoms with Crippen LogP contribution in [0.2, 0.25) is 0 Å². The van der Waals surface area contributed by atoms with Crippen LogP contribution in [0.15, 0.2) is 0 Å². The molecular weight excluding hydrogens is 130 g/mol. The summed E-state index contributed by atoms with van der Waals surface area (Å²) in [5.74, 6) is 0. The van der Waals surface area contributed by atoms with Gasteiger partial charge in [0.2, 0.25) is 0 Å². The summed E-state index contributed by atoms with van der Waals surface area (Å²) >= 11 is 0. The topological polar surface area (TPSA) is 53.2 Å². The van der Waals surface area contributed by atoms with Crippen LogP contribution >= 0.6 is 0 Å². The lowest BCUT2D eigenvalue weighted by atomic mass is 9.95. The van der Waals surface area contributed by atoms with Crippen molar-refractivity contribution in [2.45, 2.75) is 27.1 Å². The molecule has 0 aliphatic heterocycles. The van der Waals surface area contributed by atoms with Crippen molar-refractivity contribution in [1.29, 1.82) is 5.26 Å². The SMILES string of the molecule is CCOC(O)C(C)(C)C#N. The summed E-state index contributed by atoms with van der Waals surface area (Å²) in [7, 11) is 0. The average Bonchev–Trinajstić information content (AvgIpc) is 1.89. The number of hydrogen-bond donors (Lipinski definition) is 1. The van der Waals surface area contributed by atoms with Gasteiger partial charge in [0, 0.05) is 6.61 Å². The zero-order valence-corrected chi connectivity index (χ0v) is 6.59. The molecule has 0 saturated heterocycles. The fourth-order valence-corrected chi connectivity index (χ4v) is 0.421. The van der Waals surface area contributed by atoms with Gasteiger partial charge >= 0.3 is 0 Å². The third kappa shape index (κ3) is 2.34. The van der Waals surface area contributed by atoms with E-state index in [1.54, 1.807) is 20.8 Å². The number of aliphatic hydroxyl groups excluding tert-OH is 1. The summed E-state index contributed by atoms with van der Waals surface area (Å²) in [5.41, 5.74) is -0.810. The maximum absolute atomic E-state index is 9.13. The van der Waals surface area contributed by atoms with Crippen molar-refractivity contribution in [2.75, 3.05) is 6.61 Å². The van der Waals surface area contributed by atoms with Crippen LogP contribution in [0, 0.1) is 16.7 Å². The van der Waals surface area contributed by atoms with Crippen molar-refractivity contribution in [1.82, 2.24) is 0 Å². The zero-order chi connectivity index (χ0) is 8.20. The lowest BCUT2D eigenvalue weighted by molar-refractivity contribution is -0.143. The van der Waals surface area contributed by atoms with Crippen LogP contribution in [0.25, 0.3) is 0 Å². The monoisotopic (exact) mass is 143 g/mol. The smallest absolute Gasteiger partial charge is 0.172 e. The highest BCUT2D eigenvalue weighted by Gasteiger charge is 2.27. The van der Waals surface area contributed by atoms with E-state index in [1.807, 2.05) is 6.07 Å². The average molecular weight is 143 g/mol. The fraction of sp³-hybridized carbons (Fsp3) is 0.857. The lowest BCUT2D eigenvalue weighted by Crippen LogP contribution is -2.30. The molecule has 0 aromatic heterocycles. The molecule has 0 aromatic carbocycles. The minimum absolute atomic E-state index is 0.423. The lowest BCUT2D eigenvalue weighted by Gasteiger charge is -2.21. The fourth-order valence-electron chi connectivity index (χ4n) is 0.421. The van der Waals surface area contributed by atoms with Gasteiger partial charge in [-0.1, -0.05) is 0 Å². The van der Waals surface area contributed by atoms with Crippen LogP contribution in [0.5, 0.6) is 0 Å². The van der Waals surface area contributed by atoms with Gasteiger partial charge in [0.05, 0.1) is 6.07 Å². The molecule has 0 saturated carbocycles. The van der Waals surface area contributed by atoms with Gasteiger partial charge in [-0.15, -0.1) is 0 Å². The van der Waals surface area contributed by atoms with E-state index in [-0.39, 0.29) is 0 Å². The minimum atomic E-state index is -0.984. The van der Waals surface area contributed by atoms with E-state index < -0.39 is 11.7 Å². The van der Waals surface area contributed by atoms with Crippen molar-refractivity contribution >= 4 is 0 Å². The Morgan fingerprint density at radius 2 is 2.20 bits per heavy atom. The van der Waals surface area contributed by atoms with Crippen molar-refractivity contribution in [2.24, 2.45) is 5.41 Å². The number of rotatable bonds is 3. The molecule has 0 spiro atoms. The van der Waals surface area contributed by atoms with Gasteiger partial charge in [-0.2, -0.15) is 5.26 Å². The quantitative estimate of drug-likeness (QED) is 0.597. The molecule has 10 heavy (non-hydrogen) atoms. The van der Waals surface area contributed by atoms with Gasteiger partial charge in [-0.25, -0.2) is 0 Å². The largest absolute Gasteiger partial charge is 0.367 e. The third-order valence-electron chi connectivity index (χ3n) is 1.23. The van der Waals surface area contributed by atoms with Crippen molar-refractivity contribution in [3.05, 3.63) is 0 Å². The van der Waals surface area contributed by atoms with E-state index in [0.29, 0.717) is 6.61 Å². The molecule has 0 aliphatic carbocycles. The Hall–Kier alpha value is -0.590. The van der Waals surface area contributed by atoms with Crippen LogP contribution in [0.4, 0.5) is 0 Å². The van der Waals surface area contributed by atoms with Gasteiger partial charge in [0.1, 0.15) is 5.41 Å². The first kappa shape index (κ1) is 9.41. The van der Waals surface area contributed by atoms with Crippen LogP contribution < -0.4 is 0 Å². The van der Waals surface area contributed by atoms with Crippen molar-refractivity contribution in [3.63, 3.8) is 0 Å². The highest BCUT2D eigenvalue weighted by atomic mass is 16.6. The van der Waals surface area contributed by atoms with E-state index in [0.717, 1.165) is 0 Å². The van der Waals surface area contributed by atoms with E-state index >= 15 is 0 Å². The van der Waals surface area contributed by atoms with Crippen LogP contribution in [-0.2, 0) is 4.74 Å². The normalized spacial score (nSPS) is 14.3. The Morgan fingerprint density at radius 3 is 2.50 bits per heavy atom. The number of nitrogens with zero attached hydrogens (tertiary/aromatic N) is 1. The summed E-state index contributed by atoms with van der Waals surface area (Å²) in [4.78, 5) is 0. The predicted molar refractivity (Wildman–Crippen MR) is 37.0 cm³/mol. The van der Waals surface area contributed by atoms with Crippen molar-refractivity contribution < 1.29 is 9.84 Å². The second-order valence-corrected chi connectivity index (χ2v) is 2.64. The molecule has 3 heteroatoms. The molecule has 1 N–H and O–H groups in total. The molecule has 1 unspecified atom stereocenters. The second-order valence-electron chi connectivity index (χ2n) is 2.64. The van der Waals surface area contributed by atoms with Gasteiger partial charge in [-0.3, -0.25) is 0 Å². The molecule has 0 aromatic rings. The number of nitriles is 1. The predicted octanol–water partition coefficient (Wildman–Crippen LogP) is 0.891. The maximum atomic E-state index is 9.13. The van der Waals surface area contributed by atoms with Crippen LogP contribution in [0.3, 0.4) is 0 Å². The van der Waals surface area contributed by atoms with Crippen LogP contribution in [-0.4, -0.2) is 18.0 Å². The maximum Gasteiger partial charge on any atom is 0.172 e. The Labute approximate surface area is 61.2 Å². The zero-order valence-electron chi connectivity index (χ0n) is 6.59.